The third kappa shape index (κ3) is 4.14. The van der Waals surface area contributed by atoms with Crippen LogP contribution in [0.4, 0.5) is 0 Å². The second-order valence-corrected chi connectivity index (χ2v) is 7.49. The van der Waals surface area contributed by atoms with Crippen molar-refractivity contribution in [3.63, 3.8) is 0 Å². The number of nitrogens with one attached hydrogen (secondary N) is 2. The maximum atomic E-state index is 12.3. The molecule has 2 aromatic rings. The molecule has 1 unspecified atom stereocenters. The Balaban J connectivity index is 1.60. The van der Waals surface area contributed by atoms with Gasteiger partial charge >= 0.3 is 0 Å². The lowest BCUT2D eigenvalue weighted by Crippen LogP contribution is -3.09. The SMILES string of the molecule is COc1ccc2cc(C[NH+](C)CC(=O)N[C@](C)(C#N)C3CC3)ccc2c1. The fourth-order valence-electron chi connectivity index (χ4n) is 3.41. The smallest absolute Gasteiger partial charge is 0.276 e. The zero-order valence-corrected chi connectivity index (χ0v) is 15.6. The van der Waals surface area contributed by atoms with Crippen molar-refractivity contribution in [2.75, 3.05) is 20.7 Å². The zero-order valence-electron chi connectivity index (χ0n) is 15.6. The molecule has 3 rings (SSSR count). The Bertz CT molecular complexity index is 854. The van der Waals surface area contributed by atoms with Crippen molar-refractivity contribution in [2.45, 2.75) is 31.8 Å². The van der Waals surface area contributed by atoms with Crippen LogP contribution in [0.25, 0.3) is 10.8 Å². The van der Waals surface area contributed by atoms with Gasteiger partial charge in [-0.05, 0) is 54.7 Å². The van der Waals surface area contributed by atoms with Crippen LogP contribution in [0, 0.1) is 17.2 Å². The first-order chi connectivity index (χ1) is 12.4. The number of carbonyl (C=O) groups is 1. The number of fused-ring (bicyclic) bond motifs is 1. The summed E-state index contributed by atoms with van der Waals surface area (Å²) in [7, 11) is 3.66. The standard InChI is InChI=1S/C21H25N3O2/c1-21(14-22,18-7-8-18)23-20(25)13-24(2)12-15-4-5-17-11-19(26-3)9-6-16(17)10-15/h4-6,9-11,18H,7-8,12-13H2,1-3H3,(H,23,25)/p+1/t21-/m1/s1. The third-order valence-electron chi connectivity index (χ3n) is 5.11. The summed E-state index contributed by atoms with van der Waals surface area (Å²) in [5.41, 5.74) is 0.456. The van der Waals surface area contributed by atoms with Crippen molar-refractivity contribution in [1.29, 1.82) is 5.26 Å². The molecule has 5 heteroatoms. The number of amides is 1. The van der Waals surface area contributed by atoms with Gasteiger partial charge in [0, 0.05) is 5.56 Å². The first-order valence-corrected chi connectivity index (χ1v) is 9.04. The Hall–Kier alpha value is -2.58. The molecule has 2 aromatic carbocycles. The van der Waals surface area contributed by atoms with E-state index in [0.717, 1.165) is 40.8 Å². The molecule has 2 N–H and O–H groups in total. The fraction of sp³-hybridized carbons (Fsp3) is 0.429. The van der Waals surface area contributed by atoms with E-state index in [2.05, 4.69) is 29.6 Å². The highest BCUT2D eigenvalue weighted by Gasteiger charge is 2.43. The fourth-order valence-corrected chi connectivity index (χ4v) is 3.41. The van der Waals surface area contributed by atoms with E-state index >= 15 is 0 Å². The predicted molar refractivity (Wildman–Crippen MR) is 101 cm³/mol. The van der Waals surface area contributed by atoms with E-state index in [1.807, 2.05) is 32.2 Å². The molecule has 0 saturated heterocycles. The van der Waals surface area contributed by atoms with E-state index in [9.17, 15) is 10.1 Å². The number of hydrogen-bond acceptors (Lipinski definition) is 3. The Morgan fingerprint density at radius 3 is 2.65 bits per heavy atom. The average Bonchev–Trinajstić information content (AvgIpc) is 3.46. The van der Waals surface area contributed by atoms with Crippen molar-refractivity contribution in [3.8, 4) is 11.8 Å². The summed E-state index contributed by atoms with van der Waals surface area (Å²) in [5.74, 6) is 1.08. The minimum Gasteiger partial charge on any atom is -0.497 e. The maximum absolute atomic E-state index is 12.3. The highest BCUT2D eigenvalue weighted by Crippen LogP contribution is 2.39. The largest absolute Gasteiger partial charge is 0.497 e. The number of likely N-dealkylation sites (N-methyl/N-ethyl adjacent to an activating group) is 1. The second kappa shape index (κ2) is 7.35. The van der Waals surface area contributed by atoms with Gasteiger partial charge in [-0.2, -0.15) is 5.26 Å². The zero-order chi connectivity index (χ0) is 18.7. The van der Waals surface area contributed by atoms with E-state index in [0.29, 0.717) is 12.5 Å². The molecule has 5 nitrogen and oxygen atoms in total. The van der Waals surface area contributed by atoms with E-state index in [-0.39, 0.29) is 5.91 Å². The summed E-state index contributed by atoms with van der Waals surface area (Å²) in [5, 5.41) is 14.6. The lowest BCUT2D eigenvalue weighted by Gasteiger charge is -2.23. The molecule has 0 aliphatic heterocycles. The molecule has 136 valence electrons. The number of rotatable bonds is 7. The molecule has 0 spiro atoms. The molecular weight excluding hydrogens is 326 g/mol. The van der Waals surface area contributed by atoms with Crippen molar-refractivity contribution < 1.29 is 14.4 Å². The molecule has 1 saturated carbocycles. The molecule has 2 atom stereocenters. The number of nitrogens with zero attached hydrogens (tertiary/aromatic N) is 1. The lowest BCUT2D eigenvalue weighted by atomic mass is 9.98. The van der Waals surface area contributed by atoms with Gasteiger partial charge < -0.3 is 15.0 Å². The van der Waals surface area contributed by atoms with Gasteiger partial charge in [-0.3, -0.25) is 4.79 Å². The molecule has 0 radical (unpaired) electrons. The topological polar surface area (TPSA) is 66.6 Å². The monoisotopic (exact) mass is 352 g/mol. The van der Waals surface area contributed by atoms with Crippen molar-refractivity contribution in [2.24, 2.45) is 5.92 Å². The third-order valence-corrected chi connectivity index (χ3v) is 5.11. The summed E-state index contributed by atoms with van der Waals surface area (Å²) < 4.78 is 5.26. The normalized spacial score (nSPS) is 17.2. The summed E-state index contributed by atoms with van der Waals surface area (Å²) >= 11 is 0. The molecule has 1 fully saturated rings. The molecule has 0 bridgehead atoms. The van der Waals surface area contributed by atoms with E-state index in [1.54, 1.807) is 7.11 Å². The van der Waals surface area contributed by atoms with Crippen molar-refractivity contribution in [3.05, 3.63) is 42.0 Å². The van der Waals surface area contributed by atoms with Crippen LogP contribution in [-0.2, 0) is 11.3 Å². The van der Waals surface area contributed by atoms with Crippen LogP contribution in [0.15, 0.2) is 36.4 Å². The molecule has 1 aliphatic carbocycles. The molecule has 1 aliphatic rings. The molecule has 1 amide bonds. The first-order valence-electron chi connectivity index (χ1n) is 9.04. The van der Waals surface area contributed by atoms with Gasteiger partial charge in [-0.15, -0.1) is 0 Å². The summed E-state index contributed by atoms with van der Waals surface area (Å²) in [6.07, 6.45) is 2.05. The quantitative estimate of drug-likeness (QED) is 0.797. The first kappa shape index (κ1) is 18.2. The van der Waals surface area contributed by atoms with Gasteiger partial charge in [-0.25, -0.2) is 0 Å². The van der Waals surface area contributed by atoms with Crippen LogP contribution in [0.1, 0.15) is 25.3 Å². The number of ether oxygens (including phenoxy) is 1. The van der Waals surface area contributed by atoms with Crippen LogP contribution in [0.2, 0.25) is 0 Å². The van der Waals surface area contributed by atoms with Crippen molar-refractivity contribution in [1.82, 2.24) is 5.32 Å². The second-order valence-electron chi connectivity index (χ2n) is 7.49. The summed E-state index contributed by atoms with van der Waals surface area (Å²) in [4.78, 5) is 13.4. The summed E-state index contributed by atoms with van der Waals surface area (Å²) in [6, 6.07) is 14.6. The molecular formula is C21H26N3O2+. The Morgan fingerprint density at radius 2 is 2.00 bits per heavy atom. The van der Waals surface area contributed by atoms with Crippen LogP contribution in [-0.4, -0.2) is 32.1 Å². The van der Waals surface area contributed by atoms with Gasteiger partial charge in [0.15, 0.2) is 6.54 Å². The van der Waals surface area contributed by atoms with E-state index < -0.39 is 5.54 Å². The van der Waals surface area contributed by atoms with Gasteiger partial charge in [0.1, 0.15) is 17.8 Å². The number of quaternary nitrogens is 1. The van der Waals surface area contributed by atoms with Crippen LogP contribution in [0.3, 0.4) is 0 Å². The van der Waals surface area contributed by atoms with Crippen molar-refractivity contribution >= 4 is 16.7 Å². The number of benzene rings is 2. The van der Waals surface area contributed by atoms with Crippen LogP contribution >= 0.6 is 0 Å². The van der Waals surface area contributed by atoms with Crippen LogP contribution < -0.4 is 15.0 Å². The van der Waals surface area contributed by atoms with E-state index in [4.69, 9.17) is 4.74 Å². The number of nitriles is 1. The summed E-state index contributed by atoms with van der Waals surface area (Å²) in [6.45, 7) is 2.93. The molecule has 0 heterocycles. The Morgan fingerprint density at radius 1 is 1.31 bits per heavy atom. The molecule has 26 heavy (non-hydrogen) atoms. The maximum Gasteiger partial charge on any atom is 0.276 e. The average molecular weight is 352 g/mol. The highest BCUT2D eigenvalue weighted by atomic mass is 16.5. The predicted octanol–water partition coefficient (Wildman–Crippen LogP) is 1.67. The number of carbonyl (C=O) groups excluding carboxylic acids is 1. The minimum absolute atomic E-state index is 0.0658. The lowest BCUT2D eigenvalue weighted by molar-refractivity contribution is -0.885. The van der Waals surface area contributed by atoms with Gasteiger partial charge in [0.25, 0.3) is 5.91 Å². The Kier molecular flexibility index (Phi) is 5.15. The number of methoxy groups -OCH3 is 1. The van der Waals surface area contributed by atoms with E-state index in [1.165, 1.54) is 5.56 Å². The van der Waals surface area contributed by atoms with Crippen LogP contribution in [0.5, 0.6) is 5.75 Å². The number of hydrogen-bond donors (Lipinski definition) is 2. The Labute approximate surface area is 154 Å². The minimum atomic E-state index is -0.723. The van der Waals surface area contributed by atoms with Gasteiger partial charge in [0.05, 0.1) is 20.2 Å². The van der Waals surface area contributed by atoms with Gasteiger partial charge in [0.2, 0.25) is 0 Å². The highest BCUT2D eigenvalue weighted by molar-refractivity contribution is 5.84. The molecule has 0 aromatic heterocycles. The van der Waals surface area contributed by atoms with Gasteiger partial charge in [-0.1, -0.05) is 18.2 Å².